The number of unbranched alkanes of at least 4 members (excludes halogenated alkanes) is 1. The number of hydrogen-bond donors (Lipinski definition) is 1. The van der Waals surface area contributed by atoms with Gasteiger partial charge < -0.3 is 20.1 Å². The highest BCUT2D eigenvalue weighted by molar-refractivity contribution is 5.95. The molecular weight excluding hydrogens is 304 g/mol. The van der Waals surface area contributed by atoms with Gasteiger partial charge in [-0.1, -0.05) is 13.3 Å². The van der Waals surface area contributed by atoms with E-state index in [4.69, 9.17) is 15.2 Å². The SMILES string of the molecule is CCCCOc1ccc(C(=O)N2CCC(C(C)N)CC2)cc1OC. The second kappa shape index (κ2) is 8.92. The highest BCUT2D eigenvalue weighted by atomic mass is 16.5. The molecule has 1 aromatic carbocycles. The average Bonchev–Trinajstić information content (AvgIpc) is 2.61. The molecule has 1 aromatic rings. The molecule has 1 aliphatic heterocycles. The van der Waals surface area contributed by atoms with Gasteiger partial charge in [-0.15, -0.1) is 0 Å². The van der Waals surface area contributed by atoms with E-state index in [1.165, 1.54) is 0 Å². The van der Waals surface area contributed by atoms with Crippen LogP contribution in [-0.2, 0) is 0 Å². The zero-order valence-corrected chi connectivity index (χ0v) is 15.1. The highest BCUT2D eigenvalue weighted by Gasteiger charge is 2.26. The third kappa shape index (κ3) is 4.63. The van der Waals surface area contributed by atoms with Crippen molar-refractivity contribution in [3.05, 3.63) is 23.8 Å². The van der Waals surface area contributed by atoms with Crippen LogP contribution in [0.3, 0.4) is 0 Å². The van der Waals surface area contributed by atoms with Crippen molar-refractivity contribution in [2.24, 2.45) is 11.7 Å². The minimum absolute atomic E-state index is 0.0523. The Morgan fingerprint density at radius 3 is 2.62 bits per heavy atom. The lowest BCUT2D eigenvalue weighted by atomic mass is 9.90. The summed E-state index contributed by atoms with van der Waals surface area (Å²) in [6.45, 7) is 6.36. The molecule has 1 aliphatic rings. The van der Waals surface area contributed by atoms with E-state index in [1.807, 2.05) is 24.0 Å². The normalized spacial score (nSPS) is 16.8. The quantitative estimate of drug-likeness (QED) is 0.778. The Labute approximate surface area is 145 Å². The predicted octanol–water partition coefficient (Wildman–Crippen LogP) is 3.07. The molecule has 1 amide bonds. The Hall–Kier alpha value is -1.75. The van der Waals surface area contributed by atoms with Crippen LogP contribution in [0.4, 0.5) is 0 Å². The van der Waals surface area contributed by atoms with E-state index >= 15 is 0 Å². The van der Waals surface area contributed by atoms with Crippen molar-refractivity contribution in [1.82, 2.24) is 4.90 Å². The molecule has 2 N–H and O–H groups in total. The van der Waals surface area contributed by atoms with Gasteiger partial charge in [-0.3, -0.25) is 4.79 Å². The average molecular weight is 334 g/mol. The van der Waals surface area contributed by atoms with Crippen molar-refractivity contribution in [2.75, 3.05) is 26.8 Å². The number of carbonyl (C=O) groups excluding carboxylic acids is 1. The third-order valence-corrected chi connectivity index (χ3v) is 4.74. The molecule has 0 aromatic heterocycles. The number of amides is 1. The summed E-state index contributed by atoms with van der Waals surface area (Å²) in [5.74, 6) is 1.87. The van der Waals surface area contributed by atoms with Crippen molar-refractivity contribution in [1.29, 1.82) is 0 Å². The molecule has 0 radical (unpaired) electrons. The van der Waals surface area contributed by atoms with E-state index in [1.54, 1.807) is 13.2 Å². The van der Waals surface area contributed by atoms with Gasteiger partial charge in [0.15, 0.2) is 11.5 Å². The fourth-order valence-electron chi connectivity index (χ4n) is 3.06. The fraction of sp³-hybridized carbons (Fsp3) is 0.632. The summed E-state index contributed by atoms with van der Waals surface area (Å²) in [6.07, 6.45) is 4.02. The molecule has 134 valence electrons. The van der Waals surface area contributed by atoms with Crippen LogP contribution in [0.2, 0.25) is 0 Å². The number of rotatable bonds is 7. The zero-order valence-electron chi connectivity index (χ0n) is 15.1. The molecule has 1 saturated heterocycles. The topological polar surface area (TPSA) is 64.8 Å². The van der Waals surface area contributed by atoms with Gasteiger partial charge in [-0.25, -0.2) is 0 Å². The monoisotopic (exact) mass is 334 g/mol. The van der Waals surface area contributed by atoms with Crippen molar-refractivity contribution in [2.45, 2.75) is 45.6 Å². The molecule has 1 atom stereocenters. The molecule has 0 saturated carbocycles. The number of methoxy groups -OCH3 is 1. The summed E-state index contributed by atoms with van der Waals surface area (Å²) in [6, 6.07) is 5.63. The third-order valence-electron chi connectivity index (χ3n) is 4.74. The number of hydrogen-bond acceptors (Lipinski definition) is 4. The van der Waals surface area contributed by atoms with E-state index in [-0.39, 0.29) is 11.9 Å². The maximum absolute atomic E-state index is 12.7. The first-order chi connectivity index (χ1) is 11.6. The van der Waals surface area contributed by atoms with Crippen LogP contribution in [0.25, 0.3) is 0 Å². The van der Waals surface area contributed by atoms with Gasteiger partial charge in [0, 0.05) is 24.7 Å². The molecule has 1 heterocycles. The number of piperidine rings is 1. The van der Waals surface area contributed by atoms with E-state index in [0.717, 1.165) is 38.8 Å². The van der Waals surface area contributed by atoms with Gasteiger partial charge in [0.05, 0.1) is 13.7 Å². The predicted molar refractivity (Wildman–Crippen MR) is 95.7 cm³/mol. The van der Waals surface area contributed by atoms with Crippen molar-refractivity contribution >= 4 is 5.91 Å². The Balaban J connectivity index is 2.02. The van der Waals surface area contributed by atoms with Gasteiger partial charge in [-0.05, 0) is 50.3 Å². The largest absolute Gasteiger partial charge is 0.493 e. The van der Waals surface area contributed by atoms with Crippen LogP contribution in [0.5, 0.6) is 11.5 Å². The lowest BCUT2D eigenvalue weighted by Crippen LogP contribution is -2.42. The van der Waals surface area contributed by atoms with E-state index in [9.17, 15) is 4.79 Å². The Morgan fingerprint density at radius 1 is 1.33 bits per heavy atom. The van der Waals surface area contributed by atoms with Crippen LogP contribution in [0.15, 0.2) is 18.2 Å². The van der Waals surface area contributed by atoms with Crippen molar-refractivity contribution in [3.63, 3.8) is 0 Å². The summed E-state index contributed by atoms with van der Waals surface area (Å²) < 4.78 is 11.1. The Bertz CT molecular complexity index is 537. The molecule has 0 aliphatic carbocycles. The summed E-state index contributed by atoms with van der Waals surface area (Å²) in [7, 11) is 1.60. The molecule has 0 spiro atoms. The van der Waals surface area contributed by atoms with Gasteiger partial charge in [0.25, 0.3) is 5.91 Å². The van der Waals surface area contributed by atoms with Gasteiger partial charge >= 0.3 is 0 Å². The molecular formula is C19H30N2O3. The summed E-state index contributed by atoms with van der Waals surface area (Å²) >= 11 is 0. The molecule has 1 unspecified atom stereocenters. The number of benzene rings is 1. The number of likely N-dealkylation sites (tertiary alicyclic amines) is 1. The minimum atomic E-state index is 0.0523. The van der Waals surface area contributed by atoms with Gasteiger partial charge in [-0.2, -0.15) is 0 Å². The lowest BCUT2D eigenvalue weighted by molar-refractivity contribution is 0.0680. The van der Waals surface area contributed by atoms with Gasteiger partial charge in [0.1, 0.15) is 0 Å². The maximum Gasteiger partial charge on any atom is 0.253 e. The summed E-state index contributed by atoms with van der Waals surface area (Å²) in [5.41, 5.74) is 6.62. The first kappa shape index (κ1) is 18.6. The van der Waals surface area contributed by atoms with E-state index in [0.29, 0.717) is 29.6 Å². The lowest BCUT2D eigenvalue weighted by Gasteiger charge is -2.33. The van der Waals surface area contributed by atoms with Crippen LogP contribution < -0.4 is 15.2 Å². The number of nitrogens with zero attached hydrogens (tertiary/aromatic N) is 1. The minimum Gasteiger partial charge on any atom is -0.493 e. The number of ether oxygens (including phenoxy) is 2. The zero-order chi connectivity index (χ0) is 17.5. The molecule has 5 nitrogen and oxygen atoms in total. The van der Waals surface area contributed by atoms with Crippen LogP contribution in [0.1, 0.15) is 49.9 Å². The second-order valence-corrected chi connectivity index (χ2v) is 6.56. The molecule has 5 heteroatoms. The first-order valence-electron chi connectivity index (χ1n) is 8.92. The van der Waals surface area contributed by atoms with Crippen LogP contribution in [-0.4, -0.2) is 43.7 Å². The number of nitrogens with two attached hydrogens (primary N) is 1. The fourth-order valence-corrected chi connectivity index (χ4v) is 3.06. The smallest absolute Gasteiger partial charge is 0.253 e. The molecule has 24 heavy (non-hydrogen) atoms. The first-order valence-corrected chi connectivity index (χ1v) is 8.92. The number of carbonyl (C=O) groups is 1. The Morgan fingerprint density at radius 2 is 2.04 bits per heavy atom. The standard InChI is InChI=1S/C19H30N2O3/c1-4-5-12-24-17-7-6-16(13-18(17)23-3)19(22)21-10-8-15(9-11-21)14(2)20/h6-7,13-15H,4-5,8-12,20H2,1-3H3. The van der Waals surface area contributed by atoms with Crippen LogP contribution >= 0.6 is 0 Å². The highest BCUT2D eigenvalue weighted by Crippen LogP contribution is 2.29. The second-order valence-electron chi connectivity index (χ2n) is 6.56. The van der Waals surface area contributed by atoms with Crippen molar-refractivity contribution < 1.29 is 14.3 Å². The Kier molecular flexibility index (Phi) is 6.91. The molecule has 2 rings (SSSR count). The maximum atomic E-state index is 12.7. The molecule has 1 fully saturated rings. The van der Waals surface area contributed by atoms with Gasteiger partial charge in [0.2, 0.25) is 0 Å². The molecule has 0 bridgehead atoms. The van der Waals surface area contributed by atoms with Crippen molar-refractivity contribution in [3.8, 4) is 11.5 Å². The summed E-state index contributed by atoms with van der Waals surface area (Å²) in [5, 5.41) is 0. The van der Waals surface area contributed by atoms with E-state index in [2.05, 4.69) is 6.92 Å². The van der Waals surface area contributed by atoms with Crippen LogP contribution in [0, 0.1) is 5.92 Å². The summed E-state index contributed by atoms with van der Waals surface area (Å²) in [4.78, 5) is 14.6. The van der Waals surface area contributed by atoms with E-state index < -0.39 is 0 Å².